The van der Waals surface area contributed by atoms with Crippen molar-refractivity contribution in [2.24, 2.45) is 0 Å². The van der Waals surface area contributed by atoms with Gasteiger partial charge in [-0.3, -0.25) is 9.78 Å². The zero-order valence-electron chi connectivity index (χ0n) is 14.5. The average Bonchev–Trinajstić information content (AvgIpc) is 3.22. The molecule has 4 rings (SSSR count). The van der Waals surface area contributed by atoms with E-state index in [4.69, 9.17) is 4.42 Å². The van der Waals surface area contributed by atoms with E-state index in [-0.39, 0.29) is 11.5 Å². The minimum atomic E-state index is -0.534. The molecular weight excluding hydrogens is 364 g/mol. The number of nitrogens with zero attached hydrogens (tertiary/aromatic N) is 3. The van der Waals surface area contributed by atoms with Gasteiger partial charge >= 0.3 is 5.76 Å². The lowest BCUT2D eigenvalue weighted by Gasteiger charge is -2.08. The van der Waals surface area contributed by atoms with Crippen LogP contribution in [0.3, 0.4) is 0 Å². The second-order valence-corrected chi connectivity index (χ2v) is 6.98. The lowest BCUT2D eigenvalue weighted by atomic mass is 10.1. The summed E-state index contributed by atoms with van der Waals surface area (Å²) in [7, 11) is 0. The minimum Gasteiger partial charge on any atom is -0.408 e. The van der Waals surface area contributed by atoms with E-state index in [1.54, 1.807) is 18.2 Å². The van der Waals surface area contributed by atoms with Crippen molar-refractivity contribution in [1.82, 2.24) is 19.7 Å². The van der Waals surface area contributed by atoms with E-state index in [2.05, 4.69) is 15.2 Å². The Balaban J connectivity index is 1.49. The Hall–Kier alpha value is -3.13. The lowest BCUT2D eigenvalue weighted by molar-refractivity contribution is 0.102. The van der Waals surface area contributed by atoms with Gasteiger partial charge < -0.3 is 8.98 Å². The Morgan fingerprint density at radius 1 is 1.19 bits per heavy atom. The number of fused-ring (bicyclic) bond motifs is 1. The fourth-order valence-electron chi connectivity index (χ4n) is 2.75. The number of Topliss-reactive ketones (excluding diaryl/α,β-unsaturated/α-hetero) is 1. The number of nitrogens with one attached hydrogen (secondary N) is 1. The molecule has 136 valence electrons. The molecule has 0 saturated carbocycles. The van der Waals surface area contributed by atoms with Crippen LogP contribution in [0.25, 0.3) is 11.1 Å². The number of thioether (sulfide) groups is 1. The minimum absolute atomic E-state index is 0.0716. The number of H-pyrrole nitrogens is 1. The Morgan fingerprint density at radius 2 is 2.00 bits per heavy atom. The summed E-state index contributed by atoms with van der Waals surface area (Å²) in [4.78, 5) is 26.3. The molecular formula is C19H16N4O3S. The summed E-state index contributed by atoms with van der Waals surface area (Å²) in [5, 5.41) is 9.02. The summed E-state index contributed by atoms with van der Waals surface area (Å²) >= 11 is 1.34. The first-order valence-electron chi connectivity index (χ1n) is 8.33. The molecule has 0 aliphatic heterocycles. The van der Waals surface area contributed by atoms with E-state index in [1.165, 1.54) is 11.8 Å². The number of aryl methyl sites for hydroxylation is 1. The molecule has 8 heteroatoms. The molecule has 0 bridgehead atoms. The van der Waals surface area contributed by atoms with Crippen molar-refractivity contribution >= 4 is 28.6 Å². The summed E-state index contributed by atoms with van der Waals surface area (Å²) in [6.45, 7) is 2.54. The first-order chi connectivity index (χ1) is 13.1. The number of ketones is 1. The van der Waals surface area contributed by atoms with Crippen molar-refractivity contribution in [3.63, 3.8) is 0 Å². The Morgan fingerprint density at radius 3 is 2.81 bits per heavy atom. The first kappa shape index (κ1) is 17.3. The van der Waals surface area contributed by atoms with Gasteiger partial charge in [0.2, 0.25) is 0 Å². The molecule has 7 nitrogen and oxygen atoms in total. The fraction of sp³-hybridized carbons (Fsp3) is 0.158. The zero-order chi connectivity index (χ0) is 18.8. The van der Waals surface area contributed by atoms with Gasteiger partial charge in [0.1, 0.15) is 5.82 Å². The highest BCUT2D eigenvalue weighted by atomic mass is 32.2. The van der Waals surface area contributed by atoms with Gasteiger partial charge in [-0.05, 0) is 30.7 Å². The molecule has 4 aromatic rings. The highest BCUT2D eigenvalue weighted by Crippen LogP contribution is 2.21. The molecule has 0 atom stereocenters. The van der Waals surface area contributed by atoms with Gasteiger partial charge in [-0.25, -0.2) is 4.79 Å². The molecule has 0 radical (unpaired) electrons. The van der Waals surface area contributed by atoms with Crippen LogP contribution in [0, 0.1) is 6.92 Å². The quantitative estimate of drug-likeness (QED) is 0.408. The average molecular weight is 380 g/mol. The SMILES string of the molecule is Cc1nnc(SCC(=O)c2ccc3[nH]c(=O)oc3c2)n1Cc1ccccc1. The number of hydrogen-bond acceptors (Lipinski definition) is 6. The number of benzene rings is 2. The third kappa shape index (κ3) is 3.70. The third-order valence-corrected chi connectivity index (χ3v) is 5.13. The number of aromatic amines is 1. The van der Waals surface area contributed by atoms with Gasteiger partial charge in [-0.15, -0.1) is 10.2 Å². The molecule has 2 aromatic heterocycles. The molecule has 0 aliphatic carbocycles. The van der Waals surface area contributed by atoms with Crippen molar-refractivity contribution in [1.29, 1.82) is 0 Å². The predicted octanol–water partition coefficient (Wildman–Crippen LogP) is 3.04. The molecule has 0 spiro atoms. The monoisotopic (exact) mass is 380 g/mol. The molecule has 2 heterocycles. The lowest BCUT2D eigenvalue weighted by Crippen LogP contribution is -2.07. The zero-order valence-corrected chi connectivity index (χ0v) is 15.3. The van der Waals surface area contributed by atoms with Crippen molar-refractivity contribution in [2.45, 2.75) is 18.6 Å². The van der Waals surface area contributed by atoms with Crippen LogP contribution in [0.15, 0.2) is 62.9 Å². The van der Waals surface area contributed by atoms with Crippen LogP contribution < -0.4 is 5.76 Å². The molecule has 1 N–H and O–H groups in total. The summed E-state index contributed by atoms with van der Waals surface area (Å²) in [6, 6.07) is 15.0. The van der Waals surface area contributed by atoms with Gasteiger partial charge in [0.15, 0.2) is 16.5 Å². The summed E-state index contributed by atoms with van der Waals surface area (Å²) in [5.74, 6) is 0.406. The molecule has 0 saturated heterocycles. The number of aromatic nitrogens is 4. The Bertz CT molecular complexity index is 1160. The summed E-state index contributed by atoms with van der Waals surface area (Å²) in [6.07, 6.45) is 0. The molecule has 0 fully saturated rings. The first-order valence-corrected chi connectivity index (χ1v) is 9.31. The van der Waals surface area contributed by atoms with Crippen molar-refractivity contribution in [3.05, 3.63) is 76.0 Å². The van der Waals surface area contributed by atoms with Crippen LogP contribution in [-0.2, 0) is 6.54 Å². The second kappa shape index (κ2) is 7.24. The molecule has 0 unspecified atom stereocenters. The number of hydrogen-bond donors (Lipinski definition) is 1. The van der Waals surface area contributed by atoms with Crippen LogP contribution in [-0.4, -0.2) is 31.3 Å². The van der Waals surface area contributed by atoms with E-state index in [9.17, 15) is 9.59 Å². The van der Waals surface area contributed by atoms with E-state index < -0.39 is 5.76 Å². The van der Waals surface area contributed by atoms with E-state index in [0.717, 1.165) is 11.4 Å². The molecule has 0 amide bonds. The predicted molar refractivity (Wildman–Crippen MR) is 102 cm³/mol. The largest absolute Gasteiger partial charge is 0.417 e. The topological polar surface area (TPSA) is 93.8 Å². The maximum absolute atomic E-state index is 12.5. The fourth-order valence-corrected chi connectivity index (χ4v) is 3.63. The highest BCUT2D eigenvalue weighted by Gasteiger charge is 2.14. The van der Waals surface area contributed by atoms with E-state index >= 15 is 0 Å². The van der Waals surface area contributed by atoms with Gasteiger partial charge in [-0.1, -0.05) is 42.1 Å². The van der Waals surface area contributed by atoms with Crippen LogP contribution >= 0.6 is 11.8 Å². The number of rotatable bonds is 6. The maximum Gasteiger partial charge on any atom is 0.417 e. The second-order valence-electron chi connectivity index (χ2n) is 6.04. The van der Waals surface area contributed by atoms with Gasteiger partial charge in [0.05, 0.1) is 17.8 Å². The standard InChI is InChI=1S/C19H16N4O3S/c1-12-21-22-18(23(12)10-13-5-3-2-4-6-13)27-11-16(24)14-7-8-15-17(9-14)26-19(25)20-15/h2-9H,10-11H2,1H3,(H,20,25). The Kier molecular flexibility index (Phi) is 4.64. The Labute approximate surface area is 158 Å². The summed E-state index contributed by atoms with van der Waals surface area (Å²) < 4.78 is 7.00. The van der Waals surface area contributed by atoms with Crippen LogP contribution in [0.1, 0.15) is 21.7 Å². The van der Waals surface area contributed by atoms with Gasteiger partial charge in [-0.2, -0.15) is 0 Å². The van der Waals surface area contributed by atoms with Crippen molar-refractivity contribution < 1.29 is 9.21 Å². The maximum atomic E-state index is 12.5. The van der Waals surface area contributed by atoms with Crippen LogP contribution in [0.4, 0.5) is 0 Å². The molecule has 2 aromatic carbocycles. The van der Waals surface area contributed by atoms with Crippen LogP contribution in [0.5, 0.6) is 0 Å². The van der Waals surface area contributed by atoms with Crippen molar-refractivity contribution in [2.75, 3.05) is 5.75 Å². The van der Waals surface area contributed by atoms with E-state index in [0.29, 0.717) is 28.4 Å². The molecule has 27 heavy (non-hydrogen) atoms. The third-order valence-electron chi connectivity index (χ3n) is 4.16. The highest BCUT2D eigenvalue weighted by molar-refractivity contribution is 7.99. The van der Waals surface area contributed by atoms with Crippen LogP contribution in [0.2, 0.25) is 0 Å². The molecule has 0 aliphatic rings. The number of carbonyl (C=O) groups is 1. The van der Waals surface area contributed by atoms with Gasteiger partial charge in [0, 0.05) is 5.56 Å². The summed E-state index contributed by atoms with van der Waals surface area (Å²) in [5.41, 5.74) is 2.58. The normalized spacial score (nSPS) is 11.1. The van der Waals surface area contributed by atoms with Crippen molar-refractivity contribution in [3.8, 4) is 0 Å². The number of oxazole rings is 1. The van der Waals surface area contributed by atoms with E-state index in [1.807, 2.05) is 41.8 Å². The smallest absolute Gasteiger partial charge is 0.408 e. The number of carbonyl (C=O) groups excluding carboxylic acids is 1. The van der Waals surface area contributed by atoms with Gasteiger partial charge in [0.25, 0.3) is 0 Å².